The van der Waals surface area contributed by atoms with Crippen molar-refractivity contribution >= 4 is 34.0 Å². The number of hydrogen-bond acceptors (Lipinski definition) is 2. The van der Waals surface area contributed by atoms with Crippen LogP contribution < -0.4 is 0 Å². The maximum absolute atomic E-state index is 5.44. The number of pyridine rings is 1. The normalized spacial score (nSPS) is 11.2. The Kier molecular flexibility index (Phi) is 2.44. The fraction of sp³-hybridized carbons (Fsp3) is 0. The van der Waals surface area contributed by atoms with Crippen molar-refractivity contribution < 1.29 is 0 Å². The van der Waals surface area contributed by atoms with Crippen LogP contribution in [0.25, 0.3) is 27.5 Å². The van der Waals surface area contributed by atoms with E-state index < -0.39 is 0 Å². The van der Waals surface area contributed by atoms with E-state index >= 15 is 0 Å². The van der Waals surface area contributed by atoms with Crippen molar-refractivity contribution in [2.75, 3.05) is 0 Å². The molecule has 1 N–H and O–H groups in total. The van der Waals surface area contributed by atoms with E-state index in [0.29, 0.717) is 4.77 Å². The molecule has 0 amide bonds. The van der Waals surface area contributed by atoms with Crippen LogP contribution in [0.2, 0.25) is 0 Å². The zero-order valence-electron chi connectivity index (χ0n) is 10.6. The topological polar surface area (TPSA) is 33.6 Å². The van der Waals surface area contributed by atoms with Crippen molar-refractivity contribution in [1.29, 1.82) is 0 Å². The van der Waals surface area contributed by atoms with Gasteiger partial charge in [-0.3, -0.25) is 9.55 Å². The summed E-state index contributed by atoms with van der Waals surface area (Å²) in [6.45, 7) is 0. The third-order valence-electron chi connectivity index (χ3n) is 3.47. The smallest absolute Gasteiger partial charge is 0.182 e. The minimum absolute atomic E-state index is 0.684. The third-order valence-corrected chi connectivity index (χ3v) is 3.76. The highest BCUT2D eigenvalue weighted by Gasteiger charge is 2.06. The lowest BCUT2D eigenvalue weighted by molar-refractivity contribution is 1.07. The van der Waals surface area contributed by atoms with Gasteiger partial charge in [-0.15, -0.1) is 0 Å². The lowest BCUT2D eigenvalue weighted by Crippen LogP contribution is -1.93. The monoisotopic (exact) mass is 277 g/mol. The van der Waals surface area contributed by atoms with Crippen molar-refractivity contribution in [3.05, 3.63) is 65.7 Å². The molecule has 0 radical (unpaired) electrons. The van der Waals surface area contributed by atoms with E-state index in [2.05, 4.69) is 40.3 Å². The van der Waals surface area contributed by atoms with Crippen molar-refractivity contribution in [2.45, 2.75) is 0 Å². The molecule has 96 valence electrons. The Bertz CT molecular complexity index is 982. The second-order valence-electron chi connectivity index (χ2n) is 4.69. The Morgan fingerprint density at radius 1 is 1.00 bits per heavy atom. The molecule has 0 bridgehead atoms. The maximum Gasteiger partial charge on any atom is 0.182 e. The molecule has 4 rings (SSSR count). The van der Waals surface area contributed by atoms with E-state index in [4.69, 9.17) is 12.2 Å². The summed E-state index contributed by atoms with van der Waals surface area (Å²) in [5.74, 6) is 0. The first-order chi connectivity index (χ1) is 9.83. The minimum atomic E-state index is 0.684. The Hall–Kier alpha value is -2.46. The molecule has 0 unspecified atom stereocenters. The molecule has 2 aromatic carbocycles. The first-order valence-corrected chi connectivity index (χ1v) is 6.78. The van der Waals surface area contributed by atoms with Gasteiger partial charge in [0.2, 0.25) is 0 Å². The molecule has 0 saturated heterocycles. The van der Waals surface area contributed by atoms with Gasteiger partial charge < -0.3 is 4.98 Å². The van der Waals surface area contributed by atoms with Gasteiger partial charge in [0, 0.05) is 11.9 Å². The number of H-pyrrole nitrogens is 1. The molecule has 0 fully saturated rings. The SMILES string of the molecule is S=c1[nH]c2cnccc2n1-c1ccc2ccccc2c1. The number of hydrogen-bond donors (Lipinski definition) is 1. The number of rotatable bonds is 1. The van der Waals surface area contributed by atoms with Gasteiger partial charge in [-0.2, -0.15) is 0 Å². The molecule has 0 saturated carbocycles. The zero-order valence-corrected chi connectivity index (χ0v) is 11.4. The molecule has 0 spiro atoms. The van der Waals surface area contributed by atoms with Gasteiger partial charge in [0.15, 0.2) is 4.77 Å². The number of imidazole rings is 1. The number of benzene rings is 2. The Morgan fingerprint density at radius 3 is 2.75 bits per heavy atom. The quantitative estimate of drug-likeness (QED) is 0.528. The number of fused-ring (bicyclic) bond motifs is 2. The summed E-state index contributed by atoms with van der Waals surface area (Å²) in [7, 11) is 0. The summed E-state index contributed by atoms with van der Waals surface area (Å²) in [4.78, 5) is 7.31. The largest absolute Gasteiger partial charge is 0.329 e. The average molecular weight is 277 g/mol. The lowest BCUT2D eigenvalue weighted by atomic mass is 10.1. The number of nitrogens with zero attached hydrogens (tertiary/aromatic N) is 2. The predicted molar refractivity (Wildman–Crippen MR) is 83.8 cm³/mol. The molecule has 20 heavy (non-hydrogen) atoms. The molecule has 4 aromatic rings. The van der Waals surface area contributed by atoms with Gasteiger partial charge >= 0.3 is 0 Å². The molecule has 0 aliphatic carbocycles. The van der Waals surface area contributed by atoms with Crippen LogP contribution in [-0.4, -0.2) is 14.5 Å². The minimum Gasteiger partial charge on any atom is -0.329 e. The fourth-order valence-corrected chi connectivity index (χ4v) is 2.84. The van der Waals surface area contributed by atoms with E-state index in [1.807, 2.05) is 22.8 Å². The predicted octanol–water partition coefficient (Wildman–Crippen LogP) is 4.24. The highest BCUT2D eigenvalue weighted by atomic mass is 32.1. The number of aromatic nitrogens is 3. The van der Waals surface area contributed by atoms with Gasteiger partial charge in [-0.05, 0) is 41.2 Å². The summed E-state index contributed by atoms with van der Waals surface area (Å²) >= 11 is 5.44. The van der Waals surface area contributed by atoms with Crippen LogP contribution in [0, 0.1) is 4.77 Å². The van der Waals surface area contributed by atoms with Crippen molar-refractivity contribution in [1.82, 2.24) is 14.5 Å². The summed E-state index contributed by atoms with van der Waals surface area (Å²) in [6.07, 6.45) is 3.57. The number of aromatic amines is 1. The van der Waals surface area contributed by atoms with Crippen molar-refractivity contribution in [3.8, 4) is 5.69 Å². The molecule has 3 nitrogen and oxygen atoms in total. The lowest BCUT2D eigenvalue weighted by Gasteiger charge is -2.06. The van der Waals surface area contributed by atoms with Gasteiger partial charge in [0.25, 0.3) is 0 Å². The first kappa shape index (κ1) is 11.4. The van der Waals surface area contributed by atoms with Gasteiger partial charge in [0.05, 0.1) is 17.2 Å². The van der Waals surface area contributed by atoms with E-state index in [9.17, 15) is 0 Å². The van der Waals surface area contributed by atoms with E-state index in [0.717, 1.165) is 16.7 Å². The van der Waals surface area contributed by atoms with Crippen LogP contribution in [0.1, 0.15) is 0 Å². The standard InChI is InChI=1S/C16H11N3S/c20-16-18-14-10-17-8-7-15(14)19(16)13-6-5-11-3-1-2-4-12(11)9-13/h1-10H,(H,18,20). The summed E-state index contributed by atoms with van der Waals surface area (Å²) in [6, 6.07) is 16.6. The molecule has 0 aliphatic heterocycles. The molecule has 2 aromatic heterocycles. The molecular formula is C16H11N3S. The second-order valence-corrected chi connectivity index (χ2v) is 5.08. The maximum atomic E-state index is 5.44. The van der Waals surface area contributed by atoms with Crippen LogP contribution in [-0.2, 0) is 0 Å². The molecule has 0 atom stereocenters. The fourth-order valence-electron chi connectivity index (χ4n) is 2.53. The van der Waals surface area contributed by atoms with E-state index in [1.54, 1.807) is 12.4 Å². The van der Waals surface area contributed by atoms with Crippen LogP contribution >= 0.6 is 12.2 Å². The van der Waals surface area contributed by atoms with Crippen LogP contribution in [0.3, 0.4) is 0 Å². The Balaban J connectivity index is 2.06. The third kappa shape index (κ3) is 1.66. The summed E-state index contributed by atoms with van der Waals surface area (Å²) < 4.78 is 2.72. The average Bonchev–Trinajstić information content (AvgIpc) is 2.82. The van der Waals surface area contributed by atoms with Gasteiger partial charge in [-0.25, -0.2) is 0 Å². The van der Waals surface area contributed by atoms with Gasteiger partial charge in [-0.1, -0.05) is 30.3 Å². The van der Waals surface area contributed by atoms with Crippen molar-refractivity contribution in [3.63, 3.8) is 0 Å². The molecule has 2 heterocycles. The number of nitrogens with one attached hydrogen (secondary N) is 1. The summed E-state index contributed by atoms with van der Waals surface area (Å²) in [5.41, 5.74) is 3.05. The summed E-state index contributed by atoms with van der Waals surface area (Å²) in [5, 5.41) is 2.43. The molecule has 0 aliphatic rings. The highest BCUT2D eigenvalue weighted by Crippen LogP contribution is 2.22. The highest BCUT2D eigenvalue weighted by molar-refractivity contribution is 7.71. The van der Waals surface area contributed by atoms with E-state index in [1.165, 1.54) is 10.8 Å². The van der Waals surface area contributed by atoms with Crippen molar-refractivity contribution in [2.24, 2.45) is 0 Å². The van der Waals surface area contributed by atoms with Gasteiger partial charge in [0.1, 0.15) is 0 Å². The molecular weight excluding hydrogens is 266 g/mol. The first-order valence-electron chi connectivity index (χ1n) is 6.37. The Morgan fingerprint density at radius 2 is 1.85 bits per heavy atom. The zero-order chi connectivity index (χ0) is 13.5. The second kappa shape index (κ2) is 4.28. The van der Waals surface area contributed by atoms with Crippen LogP contribution in [0.4, 0.5) is 0 Å². The Labute approximate surface area is 120 Å². The van der Waals surface area contributed by atoms with Crippen LogP contribution in [0.5, 0.6) is 0 Å². The molecule has 4 heteroatoms. The van der Waals surface area contributed by atoms with Crippen LogP contribution in [0.15, 0.2) is 60.9 Å². The van der Waals surface area contributed by atoms with E-state index in [-0.39, 0.29) is 0 Å².